The Morgan fingerprint density at radius 2 is 2.33 bits per heavy atom. The molecule has 5 heteroatoms. The van der Waals surface area contributed by atoms with Crippen LogP contribution in [-0.4, -0.2) is 32.7 Å². The van der Waals surface area contributed by atoms with Crippen LogP contribution in [0.1, 0.15) is 24.8 Å². The highest BCUT2D eigenvalue weighted by Gasteiger charge is 2.15. The number of benzene rings is 1. The normalized spacial score (nSPS) is 17.1. The van der Waals surface area contributed by atoms with E-state index in [4.69, 9.17) is 4.74 Å². The van der Waals surface area contributed by atoms with Crippen LogP contribution in [0.25, 0.3) is 0 Å². The summed E-state index contributed by atoms with van der Waals surface area (Å²) < 4.78 is 5.18. The van der Waals surface area contributed by atoms with Crippen molar-refractivity contribution in [2.45, 2.75) is 25.7 Å². The Hall–Kier alpha value is -1.26. The van der Waals surface area contributed by atoms with Crippen LogP contribution in [0.5, 0.6) is 5.75 Å². The van der Waals surface area contributed by atoms with Crippen LogP contribution in [0.2, 0.25) is 0 Å². The fraction of sp³-hybridized carbons (Fsp3) is 0.562. The van der Waals surface area contributed by atoms with E-state index in [2.05, 4.69) is 16.7 Å². The number of hydrogen-bond donors (Lipinski definition) is 2. The molecule has 0 aliphatic carbocycles. The highest BCUT2D eigenvalue weighted by atomic mass is 35.5. The van der Waals surface area contributed by atoms with Gasteiger partial charge in [-0.2, -0.15) is 0 Å². The first kappa shape index (κ1) is 17.8. The molecular formula is C16H25ClN2O2. The van der Waals surface area contributed by atoms with Gasteiger partial charge < -0.3 is 15.4 Å². The predicted molar refractivity (Wildman–Crippen MR) is 87.2 cm³/mol. The molecule has 1 amide bonds. The van der Waals surface area contributed by atoms with E-state index in [1.54, 1.807) is 7.11 Å². The molecule has 0 radical (unpaired) electrons. The topological polar surface area (TPSA) is 50.4 Å². The van der Waals surface area contributed by atoms with E-state index in [0.29, 0.717) is 18.9 Å². The first-order valence-electron chi connectivity index (χ1n) is 7.38. The van der Waals surface area contributed by atoms with Gasteiger partial charge in [0.2, 0.25) is 5.91 Å². The zero-order chi connectivity index (χ0) is 14.2. The zero-order valence-electron chi connectivity index (χ0n) is 12.6. The third kappa shape index (κ3) is 6.36. The van der Waals surface area contributed by atoms with Crippen molar-refractivity contribution >= 4 is 18.3 Å². The number of amides is 1. The molecule has 1 aromatic carbocycles. The van der Waals surface area contributed by atoms with E-state index >= 15 is 0 Å². The number of rotatable bonds is 7. The number of nitrogens with one attached hydrogen (secondary N) is 2. The Morgan fingerprint density at radius 3 is 3.05 bits per heavy atom. The number of carbonyl (C=O) groups is 1. The second-order valence-electron chi connectivity index (χ2n) is 5.35. The first-order valence-corrected chi connectivity index (χ1v) is 7.38. The van der Waals surface area contributed by atoms with E-state index in [1.807, 2.05) is 18.2 Å². The quantitative estimate of drug-likeness (QED) is 0.811. The minimum atomic E-state index is 0. The summed E-state index contributed by atoms with van der Waals surface area (Å²) in [7, 11) is 1.67. The van der Waals surface area contributed by atoms with Crippen molar-refractivity contribution in [3.8, 4) is 5.75 Å². The van der Waals surface area contributed by atoms with Crippen LogP contribution in [0, 0.1) is 5.92 Å². The van der Waals surface area contributed by atoms with Crippen LogP contribution >= 0.6 is 12.4 Å². The molecule has 0 saturated carbocycles. The Bertz CT molecular complexity index is 434. The lowest BCUT2D eigenvalue weighted by molar-refractivity contribution is -0.121. The highest BCUT2D eigenvalue weighted by molar-refractivity contribution is 5.85. The lowest BCUT2D eigenvalue weighted by atomic mass is 10.0. The molecule has 0 bridgehead atoms. The predicted octanol–water partition coefficient (Wildman–Crippen LogP) is 2.17. The molecule has 1 saturated heterocycles. The Morgan fingerprint density at radius 1 is 1.48 bits per heavy atom. The SMILES string of the molecule is COc1cccc(CCNC(=O)CCC2CCNC2)c1.Cl. The van der Waals surface area contributed by atoms with Crippen LogP contribution in [0.3, 0.4) is 0 Å². The number of hydrogen-bond acceptors (Lipinski definition) is 3. The van der Waals surface area contributed by atoms with Crippen LogP contribution < -0.4 is 15.4 Å². The van der Waals surface area contributed by atoms with Crippen molar-refractivity contribution in [2.24, 2.45) is 5.92 Å². The number of ether oxygens (including phenoxy) is 1. The van der Waals surface area contributed by atoms with Gasteiger partial charge in [0, 0.05) is 13.0 Å². The number of halogens is 1. The van der Waals surface area contributed by atoms with E-state index in [9.17, 15) is 4.79 Å². The van der Waals surface area contributed by atoms with Crippen molar-refractivity contribution in [1.82, 2.24) is 10.6 Å². The minimum Gasteiger partial charge on any atom is -0.497 e. The fourth-order valence-corrected chi connectivity index (χ4v) is 2.56. The summed E-state index contributed by atoms with van der Waals surface area (Å²) in [5.74, 6) is 1.71. The summed E-state index contributed by atoms with van der Waals surface area (Å²) in [6.07, 6.45) is 3.69. The van der Waals surface area contributed by atoms with Gasteiger partial charge in [-0.25, -0.2) is 0 Å². The molecule has 21 heavy (non-hydrogen) atoms. The third-order valence-corrected chi connectivity index (χ3v) is 3.81. The van der Waals surface area contributed by atoms with Gasteiger partial charge in [0.05, 0.1) is 7.11 Å². The van der Waals surface area contributed by atoms with Gasteiger partial charge in [0.25, 0.3) is 0 Å². The van der Waals surface area contributed by atoms with Crippen molar-refractivity contribution in [2.75, 3.05) is 26.7 Å². The molecule has 118 valence electrons. The van der Waals surface area contributed by atoms with Crippen molar-refractivity contribution in [1.29, 1.82) is 0 Å². The van der Waals surface area contributed by atoms with E-state index < -0.39 is 0 Å². The second-order valence-corrected chi connectivity index (χ2v) is 5.35. The molecule has 0 aromatic heterocycles. The van der Waals surface area contributed by atoms with Gasteiger partial charge in [-0.3, -0.25) is 4.79 Å². The molecule has 1 fully saturated rings. The van der Waals surface area contributed by atoms with Crippen molar-refractivity contribution in [3.63, 3.8) is 0 Å². The first-order chi connectivity index (χ1) is 9.78. The summed E-state index contributed by atoms with van der Waals surface area (Å²) in [5, 5.41) is 6.32. The highest BCUT2D eigenvalue weighted by Crippen LogP contribution is 2.14. The molecule has 2 N–H and O–H groups in total. The van der Waals surface area contributed by atoms with Gasteiger partial charge in [-0.05, 0) is 56.0 Å². The molecular weight excluding hydrogens is 288 g/mol. The zero-order valence-corrected chi connectivity index (χ0v) is 13.4. The van der Waals surface area contributed by atoms with Crippen molar-refractivity contribution < 1.29 is 9.53 Å². The average molecular weight is 313 g/mol. The van der Waals surface area contributed by atoms with Gasteiger partial charge in [-0.1, -0.05) is 12.1 Å². The summed E-state index contributed by atoms with van der Waals surface area (Å²) in [6, 6.07) is 7.97. The lowest BCUT2D eigenvalue weighted by Crippen LogP contribution is -2.26. The van der Waals surface area contributed by atoms with Crippen LogP contribution in [0.15, 0.2) is 24.3 Å². The summed E-state index contributed by atoms with van der Waals surface area (Å²) >= 11 is 0. The van der Waals surface area contributed by atoms with E-state index in [1.165, 1.54) is 12.0 Å². The minimum absolute atomic E-state index is 0. The van der Waals surface area contributed by atoms with Gasteiger partial charge in [0.1, 0.15) is 5.75 Å². The molecule has 0 spiro atoms. The maximum Gasteiger partial charge on any atom is 0.220 e. The van der Waals surface area contributed by atoms with Gasteiger partial charge in [0.15, 0.2) is 0 Å². The monoisotopic (exact) mass is 312 g/mol. The molecule has 1 atom stereocenters. The largest absolute Gasteiger partial charge is 0.497 e. The smallest absolute Gasteiger partial charge is 0.220 e. The number of carbonyl (C=O) groups excluding carboxylic acids is 1. The van der Waals surface area contributed by atoms with Crippen molar-refractivity contribution in [3.05, 3.63) is 29.8 Å². The maximum atomic E-state index is 11.8. The van der Waals surface area contributed by atoms with E-state index in [-0.39, 0.29) is 18.3 Å². The summed E-state index contributed by atoms with van der Waals surface area (Å²) in [5.41, 5.74) is 1.18. The van der Waals surface area contributed by atoms with Gasteiger partial charge >= 0.3 is 0 Å². The van der Waals surface area contributed by atoms with Crippen LogP contribution in [-0.2, 0) is 11.2 Å². The summed E-state index contributed by atoms with van der Waals surface area (Å²) in [6.45, 7) is 2.86. The fourth-order valence-electron chi connectivity index (χ4n) is 2.56. The Balaban J connectivity index is 0.00000220. The number of methoxy groups -OCH3 is 1. The molecule has 1 aromatic rings. The molecule has 4 nitrogen and oxygen atoms in total. The van der Waals surface area contributed by atoms with Crippen LogP contribution in [0.4, 0.5) is 0 Å². The average Bonchev–Trinajstić information content (AvgIpc) is 2.99. The molecule has 2 rings (SSSR count). The molecule has 1 aliphatic rings. The Kier molecular flexibility index (Phi) is 8.16. The lowest BCUT2D eigenvalue weighted by Gasteiger charge is -2.09. The standard InChI is InChI=1S/C16H24N2O2.ClH/c1-20-15-4-2-3-13(11-15)8-10-18-16(19)6-5-14-7-9-17-12-14;/h2-4,11,14,17H,5-10,12H2,1H3,(H,18,19);1H. The summed E-state index contributed by atoms with van der Waals surface area (Å²) in [4.78, 5) is 11.8. The molecule has 1 unspecified atom stereocenters. The third-order valence-electron chi connectivity index (χ3n) is 3.81. The molecule has 1 heterocycles. The molecule has 1 aliphatic heterocycles. The Labute approximate surface area is 133 Å². The maximum absolute atomic E-state index is 11.8. The van der Waals surface area contributed by atoms with Gasteiger partial charge in [-0.15, -0.1) is 12.4 Å². The van der Waals surface area contributed by atoms with E-state index in [0.717, 1.165) is 31.7 Å². The second kappa shape index (κ2) is 9.64.